The number of anilines is 1. The number of benzene rings is 1. The molecule has 0 radical (unpaired) electrons. The van der Waals surface area contributed by atoms with Crippen molar-refractivity contribution in [2.45, 2.75) is 51.0 Å². The van der Waals surface area contributed by atoms with Crippen LogP contribution < -0.4 is 5.32 Å². The number of hydrogen-bond acceptors (Lipinski definition) is 4. The van der Waals surface area contributed by atoms with Crippen LogP contribution in [-0.4, -0.2) is 45.6 Å². The average molecular weight is 438 g/mol. The van der Waals surface area contributed by atoms with Gasteiger partial charge in [-0.25, -0.2) is 0 Å². The van der Waals surface area contributed by atoms with E-state index in [2.05, 4.69) is 71.5 Å². The van der Waals surface area contributed by atoms with Gasteiger partial charge in [-0.05, 0) is 60.2 Å². The number of amides is 1. The van der Waals surface area contributed by atoms with Crippen LogP contribution in [0.5, 0.6) is 0 Å². The zero-order valence-corrected chi connectivity index (χ0v) is 19.1. The molecule has 1 aliphatic carbocycles. The molecule has 31 heavy (non-hydrogen) atoms. The van der Waals surface area contributed by atoms with Gasteiger partial charge in [0.1, 0.15) is 0 Å². The van der Waals surface area contributed by atoms with Gasteiger partial charge in [-0.2, -0.15) is 0 Å². The smallest absolute Gasteiger partial charge is 0.230 e. The number of nitrogens with zero attached hydrogens (tertiary/aromatic N) is 3. The van der Waals surface area contributed by atoms with Gasteiger partial charge in [0.2, 0.25) is 5.91 Å². The van der Waals surface area contributed by atoms with Crippen molar-refractivity contribution in [3.63, 3.8) is 0 Å². The van der Waals surface area contributed by atoms with Gasteiger partial charge in [0, 0.05) is 35.6 Å². The number of likely N-dealkylation sites (tertiary alicyclic amines) is 1. The average Bonchev–Trinajstić information content (AvgIpc) is 3.13. The number of rotatable bonds is 2. The topological polar surface area (TPSA) is 73.9 Å². The molecule has 1 fully saturated rings. The lowest BCUT2D eigenvalue weighted by atomic mass is 9.71. The van der Waals surface area contributed by atoms with Crippen molar-refractivity contribution in [2.24, 2.45) is 5.92 Å². The van der Waals surface area contributed by atoms with Gasteiger partial charge < -0.3 is 15.2 Å². The Morgan fingerprint density at radius 2 is 2.06 bits per heavy atom. The SMILES string of the molecule is CN1CC(C(=O)Nc2ccc(Cl)nn2)C[C@@H]2c3cc(C(C)(C)C)cc4[nH]cc(c34)C[C@H]21. The summed E-state index contributed by atoms with van der Waals surface area (Å²) in [5, 5.41) is 12.4. The number of nitrogens with one attached hydrogen (secondary N) is 2. The number of H-pyrrole nitrogens is 1. The van der Waals surface area contributed by atoms with E-state index in [0.717, 1.165) is 19.4 Å². The van der Waals surface area contributed by atoms with Crippen molar-refractivity contribution >= 4 is 34.2 Å². The van der Waals surface area contributed by atoms with Crippen molar-refractivity contribution in [2.75, 3.05) is 18.9 Å². The third-order valence-corrected chi connectivity index (χ3v) is 7.12. The number of carbonyl (C=O) groups excluding carboxylic acids is 1. The summed E-state index contributed by atoms with van der Waals surface area (Å²) in [7, 11) is 2.14. The summed E-state index contributed by atoms with van der Waals surface area (Å²) < 4.78 is 0. The van der Waals surface area contributed by atoms with E-state index in [4.69, 9.17) is 11.6 Å². The van der Waals surface area contributed by atoms with E-state index in [-0.39, 0.29) is 17.2 Å². The minimum absolute atomic E-state index is 0.00925. The molecule has 2 aromatic heterocycles. The standard InChI is InChI=1S/C24H28ClN5O/c1-24(2,3)15-9-17-16-7-14(23(31)27-21-6-5-20(25)28-29-21)12-30(4)19(16)8-13-11-26-18(10-15)22(13)17/h5-6,9-11,14,16,19,26H,7-8,12H2,1-4H3,(H,27,29,31)/t14?,16-,19-/m1/s1. The number of aromatic amines is 1. The largest absolute Gasteiger partial charge is 0.361 e. The Morgan fingerprint density at radius 3 is 2.77 bits per heavy atom. The summed E-state index contributed by atoms with van der Waals surface area (Å²) in [5.41, 5.74) is 5.37. The maximum absolute atomic E-state index is 13.1. The first-order valence-electron chi connectivity index (χ1n) is 10.9. The number of carbonyl (C=O) groups is 1. The van der Waals surface area contributed by atoms with Crippen LogP contribution in [0.15, 0.2) is 30.5 Å². The molecule has 1 aliphatic heterocycles. The predicted octanol–water partition coefficient (Wildman–Crippen LogP) is 4.51. The van der Waals surface area contributed by atoms with Crippen molar-refractivity contribution in [1.29, 1.82) is 0 Å². The summed E-state index contributed by atoms with van der Waals surface area (Å²) >= 11 is 5.81. The fraction of sp³-hybridized carbons (Fsp3) is 0.458. The first-order valence-corrected chi connectivity index (χ1v) is 11.2. The van der Waals surface area contributed by atoms with Gasteiger partial charge in [-0.15, -0.1) is 10.2 Å². The third kappa shape index (κ3) is 3.62. The maximum atomic E-state index is 13.1. The van der Waals surface area contributed by atoms with Crippen LogP contribution in [-0.2, 0) is 16.6 Å². The van der Waals surface area contributed by atoms with E-state index in [1.54, 1.807) is 12.1 Å². The first kappa shape index (κ1) is 20.5. The molecule has 162 valence electrons. The van der Waals surface area contributed by atoms with Gasteiger partial charge in [-0.3, -0.25) is 4.79 Å². The molecule has 1 saturated heterocycles. The number of likely N-dealkylation sites (N-methyl/N-ethyl adjacent to an activating group) is 1. The van der Waals surface area contributed by atoms with Crippen LogP contribution in [0.4, 0.5) is 5.82 Å². The van der Waals surface area contributed by atoms with Crippen LogP contribution in [0.25, 0.3) is 10.9 Å². The predicted molar refractivity (Wildman–Crippen MR) is 124 cm³/mol. The fourth-order valence-corrected chi connectivity index (χ4v) is 5.35. The van der Waals surface area contributed by atoms with Crippen LogP contribution >= 0.6 is 11.6 Å². The molecule has 3 aromatic rings. The van der Waals surface area contributed by atoms with Crippen molar-refractivity contribution in [3.05, 3.63) is 52.3 Å². The highest BCUT2D eigenvalue weighted by molar-refractivity contribution is 6.29. The van der Waals surface area contributed by atoms with Crippen LogP contribution in [0.2, 0.25) is 5.15 Å². The Bertz CT molecular complexity index is 1150. The number of hydrogen-bond donors (Lipinski definition) is 2. The monoisotopic (exact) mass is 437 g/mol. The van der Waals surface area contributed by atoms with E-state index in [1.807, 2.05) is 0 Å². The van der Waals surface area contributed by atoms with Gasteiger partial charge in [0.05, 0.1) is 5.92 Å². The Kier molecular flexibility index (Phi) is 4.83. The highest BCUT2D eigenvalue weighted by Crippen LogP contribution is 2.46. The second kappa shape index (κ2) is 7.31. The normalized spacial score (nSPS) is 23.6. The number of piperidine rings is 1. The summed E-state index contributed by atoms with van der Waals surface area (Å²) in [4.78, 5) is 19.0. The second-order valence-corrected chi connectivity index (χ2v) is 10.4. The molecule has 3 heterocycles. The summed E-state index contributed by atoms with van der Waals surface area (Å²) in [6, 6.07) is 8.40. The van der Waals surface area contributed by atoms with E-state index in [9.17, 15) is 4.79 Å². The van der Waals surface area contributed by atoms with Gasteiger partial charge >= 0.3 is 0 Å². The minimum atomic E-state index is -0.113. The van der Waals surface area contributed by atoms with Crippen LogP contribution in [0, 0.1) is 5.92 Å². The van der Waals surface area contributed by atoms with Gasteiger partial charge in [0.15, 0.2) is 11.0 Å². The van der Waals surface area contributed by atoms with E-state index < -0.39 is 0 Å². The molecule has 2 aliphatic rings. The first-order chi connectivity index (χ1) is 14.7. The van der Waals surface area contributed by atoms with Crippen molar-refractivity contribution in [3.8, 4) is 0 Å². The number of fused-ring (bicyclic) bond motifs is 2. The Hall–Kier alpha value is -2.44. The lowest BCUT2D eigenvalue weighted by Gasteiger charge is -2.45. The quantitative estimate of drug-likeness (QED) is 0.618. The van der Waals surface area contributed by atoms with Crippen molar-refractivity contribution < 1.29 is 4.79 Å². The van der Waals surface area contributed by atoms with Gasteiger partial charge in [-0.1, -0.05) is 38.4 Å². The Morgan fingerprint density at radius 1 is 1.26 bits per heavy atom. The minimum Gasteiger partial charge on any atom is -0.361 e. The molecule has 0 saturated carbocycles. The van der Waals surface area contributed by atoms with Crippen molar-refractivity contribution in [1.82, 2.24) is 20.1 Å². The zero-order chi connectivity index (χ0) is 21.9. The highest BCUT2D eigenvalue weighted by atomic mass is 35.5. The Balaban J connectivity index is 1.48. The van der Waals surface area contributed by atoms with Crippen LogP contribution in [0.3, 0.4) is 0 Å². The molecule has 1 amide bonds. The molecule has 1 aromatic carbocycles. The molecule has 2 N–H and O–H groups in total. The molecular weight excluding hydrogens is 410 g/mol. The van der Waals surface area contributed by atoms with E-state index in [0.29, 0.717) is 22.9 Å². The summed E-state index contributed by atoms with van der Waals surface area (Å²) in [6.07, 6.45) is 4.01. The molecule has 0 bridgehead atoms. The molecule has 7 heteroatoms. The maximum Gasteiger partial charge on any atom is 0.230 e. The molecule has 5 rings (SSSR count). The molecule has 3 atom stereocenters. The second-order valence-electron chi connectivity index (χ2n) is 10.0. The molecule has 0 spiro atoms. The van der Waals surface area contributed by atoms with Crippen LogP contribution in [0.1, 0.15) is 49.8 Å². The number of aromatic nitrogens is 3. The highest BCUT2D eigenvalue weighted by Gasteiger charge is 2.42. The lowest BCUT2D eigenvalue weighted by Crippen LogP contribution is -2.50. The molecular formula is C24H28ClN5O. The van der Waals surface area contributed by atoms with E-state index in [1.165, 1.54) is 27.6 Å². The Labute approximate surface area is 187 Å². The summed E-state index contributed by atoms with van der Waals surface area (Å²) in [6.45, 7) is 7.49. The summed E-state index contributed by atoms with van der Waals surface area (Å²) in [5.74, 6) is 0.634. The van der Waals surface area contributed by atoms with Gasteiger partial charge in [0.25, 0.3) is 0 Å². The molecule has 1 unspecified atom stereocenters. The zero-order valence-electron chi connectivity index (χ0n) is 18.4. The van der Waals surface area contributed by atoms with E-state index >= 15 is 0 Å². The third-order valence-electron chi connectivity index (χ3n) is 6.92. The number of halogens is 1. The lowest BCUT2D eigenvalue weighted by molar-refractivity contribution is -0.122. The fourth-order valence-electron chi connectivity index (χ4n) is 5.25. The molecule has 6 nitrogen and oxygen atoms in total.